The van der Waals surface area contributed by atoms with Crippen LogP contribution in [0.2, 0.25) is 5.02 Å². The Hall–Kier alpha value is -2.89. The third-order valence-corrected chi connectivity index (χ3v) is 11.5. The number of likely N-dealkylation sites (tertiary alicyclic amines) is 2. The van der Waals surface area contributed by atoms with Crippen molar-refractivity contribution in [1.82, 2.24) is 9.80 Å². The largest absolute Gasteiger partial charge is 0.466 e. The number of thiophene rings is 1. The summed E-state index contributed by atoms with van der Waals surface area (Å²) < 4.78 is 29.1. The van der Waals surface area contributed by atoms with Gasteiger partial charge in [0.15, 0.2) is 5.78 Å². The van der Waals surface area contributed by atoms with E-state index < -0.39 is 11.7 Å². The average Bonchev–Trinajstić information content (AvgIpc) is 3.78. The van der Waals surface area contributed by atoms with Crippen molar-refractivity contribution in [2.24, 2.45) is 11.8 Å². The first kappa shape index (κ1) is 35.0. The molecule has 2 aromatic carbocycles. The zero-order chi connectivity index (χ0) is 33.8. The number of benzene rings is 2. The minimum absolute atomic E-state index is 0.149. The molecule has 3 aromatic rings. The molecule has 6 rings (SSSR count). The van der Waals surface area contributed by atoms with Crippen LogP contribution in [-0.4, -0.2) is 72.2 Å². The van der Waals surface area contributed by atoms with Crippen molar-refractivity contribution in [1.29, 1.82) is 0 Å². The van der Waals surface area contributed by atoms with Crippen molar-refractivity contribution in [2.75, 3.05) is 38.1 Å². The highest BCUT2D eigenvalue weighted by Gasteiger charge is 2.53. The first-order valence-corrected chi connectivity index (χ1v) is 18.6. The number of nitrogens with zero attached hydrogens (tertiary/aromatic N) is 2. The van der Waals surface area contributed by atoms with E-state index in [0.717, 1.165) is 35.8 Å². The summed E-state index contributed by atoms with van der Waals surface area (Å²) in [6.07, 6.45) is 5.92. The van der Waals surface area contributed by atoms with Gasteiger partial charge in [-0.15, -0.1) is 11.3 Å². The van der Waals surface area contributed by atoms with Crippen molar-refractivity contribution < 1.29 is 28.2 Å². The molecule has 2 saturated heterocycles. The molecule has 1 atom stereocenters. The molecule has 1 unspecified atom stereocenters. The van der Waals surface area contributed by atoms with Crippen LogP contribution in [0.5, 0.6) is 0 Å². The number of ether oxygens (including phenoxy) is 2. The van der Waals surface area contributed by atoms with Gasteiger partial charge in [-0.3, -0.25) is 24.2 Å². The van der Waals surface area contributed by atoms with Crippen molar-refractivity contribution in [3.05, 3.63) is 63.7 Å². The Balaban J connectivity index is 1.25. The molecule has 3 fully saturated rings. The lowest BCUT2D eigenvalue weighted by Crippen LogP contribution is -2.69. The normalized spacial score (nSPS) is 22.4. The summed E-state index contributed by atoms with van der Waals surface area (Å²) in [5, 5.41) is 5.52. The fraction of sp³-hybridized carbons (Fsp3) is 0.541. The number of amides is 1. The second-order valence-electron chi connectivity index (χ2n) is 13.4. The molecule has 1 amide bonds. The first-order chi connectivity index (χ1) is 23.2. The Morgan fingerprint density at radius 3 is 2.40 bits per heavy atom. The molecule has 0 bridgehead atoms. The monoisotopic (exact) mass is 697 g/mol. The number of nitrogens with one attached hydrogen (secondary N) is 1. The molecular weight excluding hydrogens is 653 g/mol. The summed E-state index contributed by atoms with van der Waals surface area (Å²) in [6.45, 7) is 7.22. The number of carbonyl (C=O) groups is 3. The van der Waals surface area contributed by atoms with Gasteiger partial charge >= 0.3 is 5.97 Å². The molecule has 11 heteroatoms. The van der Waals surface area contributed by atoms with Crippen LogP contribution in [0.3, 0.4) is 0 Å². The van der Waals surface area contributed by atoms with Gasteiger partial charge in [-0.25, -0.2) is 4.39 Å². The predicted octanol–water partition coefficient (Wildman–Crippen LogP) is 7.68. The third-order valence-electron chi connectivity index (χ3n) is 10.2. The number of anilines is 1. The molecule has 3 heterocycles. The molecule has 258 valence electrons. The van der Waals surface area contributed by atoms with Crippen molar-refractivity contribution >= 4 is 56.4 Å². The Labute approximate surface area is 290 Å². The van der Waals surface area contributed by atoms with Crippen LogP contribution in [0, 0.1) is 17.7 Å². The molecule has 2 aliphatic heterocycles. The average molecular weight is 698 g/mol. The number of piperidine rings is 1. The summed E-state index contributed by atoms with van der Waals surface area (Å²) in [5.41, 5.74) is 0.801. The van der Waals surface area contributed by atoms with E-state index in [1.165, 1.54) is 23.5 Å². The van der Waals surface area contributed by atoms with Crippen LogP contribution in [0.1, 0.15) is 81.1 Å². The topological polar surface area (TPSA) is 88.2 Å². The van der Waals surface area contributed by atoms with Crippen molar-refractivity contribution in [3.63, 3.8) is 0 Å². The second-order valence-corrected chi connectivity index (χ2v) is 14.8. The maximum absolute atomic E-state index is 15.9. The number of Topliss-reactive ketones (excluding diaryl/α,β-unsaturated/α-hetero) is 1. The minimum Gasteiger partial charge on any atom is -0.466 e. The number of hydrogen-bond donors (Lipinski definition) is 1. The van der Waals surface area contributed by atoms with E-state index in [-0.39, 0.29) is 52.4 Å². The fourth-order valence-electron chi connectivity index (χ4n) is 7.46. The summed E-state index contributed by atoms with van der Waals surface area (Å²) in [5.74, 6) is -2.35. The van der Waals surface area contributed by atoms with E-state index in [4.69, 9.17) is 21.1 Å². The Bertz CT molecular complexity index is 1630. The van der Waals surface area contributed by atoms with E-state index in [9.17, 15) is 14.4 Å². The van der Waals surface area contributed by atoms with E-state index >= 15 is 4.39 Å². The minimum atomic E-state index is -1.34. The van der Waals surface area contributed by atoms with Gasteiger partial charge in [0, 0.05) is 48.1 Å². The summed E-state index contributed by atoms with van der Waals surface area (Å²) >= 11 is 8.12. The molecule has 1 aliphatic carbocycles. The van der Waals surface area contributed by atoms with Crippen molar-refractivity contribution in [3.8, 4) is 0 Å². The number of rotatable bonds is 11. The van der Waals surface area contributed by atoms with Crippen molar-refractivity contribution in [2.45, 2.75) is 83.6 Å². The van der Waals surface area contributed by atoms with Gasteiger partial charge in [-0.2, -0.15) is 0 Å². The van der Waals surface area contributed by atoms with E-state index in [1.807, 2.05) is 31.2 Å². The molecule has 48 heavy (non-hydrogen) atoms. The lowest BCUT2D eigenvalue weighted by Gasteiger charge is -2.51. The molecule has 0 radical (unpaired) electrons. The fourth-order valence-corrected chi connectivity index (χ4v) is 8.63. The van der Waals surface area contributed by atoms with E-state index in [0.29, 0.717) is 70.0 Å². The smallest absolute Gasteiger partial charge is 0.308 e. The van der Waals surface area contributed by atoms with Crippen LogP contribution in [0.15, 0.2) is 41.8 Å². The van der Waals surface area contributed by atoms with Crippen LogP contribution in [0.4, 0.5) is 10.1 Å². The van der Waals surface area contributed by atoms with Crippen LogP contribution >= 0.6 is 22.9 Å². The number of carbonyl (C=O) groups excluding carboxylic acids is 3. The standard InChI is InChI=1S/C37H45ClFN3O5S/c1-3-46-36(45)25-10-12-27(13-11-25)47-37(41-16-6-7-17-41,42-18-14-24(2)15-19-42)34(43)21-26-20-30(38)32(22-31(26)39)40-35(44)29-23-48-33-9-5-4-8-28(29)33/h4-5,8-9,20,22-25,27H,3,6-7,10-19,21H2,1-2H3,(H,40,44). The van der Waals surface area contributed by atoms with Gasteiger partial charge in [-0.05, 0) is 88.0 Å². The van der Waals surface area contributed by atoms with Crippen LogP contribution < -0.4 is 5.32 Å². The molecule has 1 N–H and O–H groups in total. The number of halogens is 2. The summed E-state index contributed by atoms with van der Waals surface area (Å²) in [4.78, 5) is 44.7. The molecule has 0 spiro atoms. The van der Waals surface area contributed by atoms with Crippen LogP contribution in [-0.2, 0) is 25.5 Å². The highest BCUT2D eigenvalue weighted by Crippen LogP contribution is 2.39. The molecule has 1 aromatic heterocycles. The number of hydrogen-bond acceptors (Lipinski definition) is 8. The zero-order valence-electron chi connectivity index (χ0n) is 27.8. The van der Waals surface area contributed by atoms with Gasteiger partial charge in [-0.1, -0.05) is 36.7 Å². The Kier molecular flexibility index (Phi) is 11.2. The zero-order valence-corrected chi connectivity index (χ0v) is 29.3. The van der Waals surface area contributed by atoms with E-state index in [2.05, 4.69) is 22.0 Å². The van der Waals surface area contributed by atoms with Gasteiger partial charge in [0.05, 0.1) is 34.9 Å². The SMILES string of the molecule is CCOC(=O)C1CCC(OC(C(=O)Cc2cc(Cl)c(NC(=O)c3csc4ccccc34)cc2F)(N2CCCC2)N2CCC(C)CC2)CC1. The maximum Gasteiger partial charge on any atom is 0.308 e. The lowest BCUT2D eigenvalue weighted by molar-refractivity contribution is -0.260. The third kappa shape index (κ3) is 7.33. The molecule has 8 nitrogen and oxygen atoms in total. The highest BCUT2D eigenvalue weighted by molar-refractivity contribution is 7.17. The summed E-state index contributed by atoms with van der Waals surface area (Å²) in [7, 11) is 0. The quantitative estimate of drug-likeness (QED) is 0.206. The summed E-state index contributed by atoms with van der Waals surface area (Å²) in [6, 6.07) is 10.3. The number of esters is 1. The van der Waals surface area contributed by atoms with Gasteiger partial charge in [0.25, 0.3) is 5.91 Å². The lowest BCUT2D eigenvalue weighted by atomic mass is 9.87. The van der Waals surface area contributed by atoms with E-state index in [1.54, 1.807) is 5.38 Å². The van der Waals surface area contributed by atoms with Gasteiger partial charge < -0.3 is 14.8 Å². The van der Waals surface area contributed by atoms with Crippen LogP contribution in [0.25, 0.3) is 10.1 Å². The maximum atomic E-state index is 15.9. The Morgan fingerprint density at radius 1 is 1.00 bits per heavy atom. The molecular formula is C37H45ClFN3O5S. The Morgan fingerprint density at radius 2 is 1.69 bits per heavy atom. The predicted molar refractivity (Wildman–Crippen MR) is 187 cm³/mol. The first-order valence-electron chi connectivity index (χ1n) is 17.3. The van der Waals surface area contributed by atoms with Gasteiger partial charge in [0.2, 0.25) is 5.85 Å². The highest BCUT2D eigenvalue weighted by atomic mass is 35.5. The molecule has 3 aliphatic rings. The number of fused-ring (bicyclic) bond motifs is 1. The number of ketones is 1. The second kappa shape index (κ2) is 15.3. The molecule has 1 saturated carbocycles. The van der Waals surface area contributed by atoms with Gasteiger partial charge in [0.1, 0.15) is 5.82 Å².